The van der Waals surface area contributed by atoms with Crippen LogP contribution >= 0.6 is 0 Å². The first kappa shape index (κ1) is 16.8. The topological polar surface area (TPSA) is 96.2 Å². The summed E-state index contributed by atoms with van der Waals surface area (Å²) in [5.74, 6) is 0.634. The van der Waals surface area contributed by atoms with Crippen molar-refractivity contribution < 1.29 is 9.90 Å². The van der Waals surface area contributed by atoms with Gasteiger partial charge in [-0.15, -0.1) is 0 Å². The molecule has 25 heavy (non-hydrogen) atoms. The second-order valence-electron chi connectivity index (χ2n) is 5.80. The van der Waals surface area contributed by atoms with E-state index in [0.29, 0.717) is 30.1 Å². The van der Waals surface area contributed by atoms with E-state index in [2.05, 4.69) is 20.4 Å². The second-order valence-corrected chi connectivity index (χ2v) is 5.80. The predicted octanol–water partition coefficient (Wildman–Crippen LogP) is 1.13. The third-order valence-electron chi connectivity index (χ3n) is 3.79. The number of aliphatic hydroxyl groups excluding tert-OH is 1. The third-order valence-corrected chi connectivity index (χ3v) is 3.79. The summed E-state index contributed by atoms with van der Waals surface area (Å²) in [6.45, 7) is 0.900. The molecule has 8 heteroatoms. The van der Waals surface area contributed by atoms with Crippen molar-refractivity contribution >= 4 is 22.8 Å². The Bertz CT molecular complexity index is 890. The van der Waals surface area contributed by atoms with Crippen LogP contribution in [0.15, 0.2) is 36.8 Å². The first-order chi connectivity index (χ1) is 12.1. The number of benzene rings is 1. The number of aliphatic hydroxyl groups is 1. The van der Waals surface area contributed by atoms with E-state index in [9.17, 15) is 4.79 Å². The highest BCUT2D eigenvalue weighted by Crippen LogP contribution is 2.19. The number of rotatable bonds is 6. The number of nitrogens with zero attached hydrogens (tertiary/aromatic N) is 5. The summed E-state index contributed by atoms with van der Waals surface area (Å²) >= 11 is 0. The smallest absolute Gasteiger partial charge is 0.253 e. The van der Waals surface area contributed by atoms with Crippen LogP contribution in [0.1, 0.15) is 15.9 Å². The average Bonchev–Trinajstić information content (AvgIpc) is 3.03. The van der Waals surface area contributed by atoms with Gasteiger partial charge < -0.3 is 15.3 Å². The van der Waals surface area contributed by atoms with E-state index in [1.54, 1.807) is 35.9 Å². The van der Waals surface area contributed by atoms with Crippen LogP contribution in [0.2, 0.25) is 0 Å². The molecule has 1 amide bonds. The summed E-state index contributed by atoms with van der Waals surface area (Å²) in [6.07, 6.45) is 3.14. The minimum atomic E-state index is -0.0310. The summed E-state index contributed by atoms with van der Waals surface area (Å²) in [5, 5.41) is 17.4. The number of carbonyl (C=O) groups is 1. The second kappa shape index (κ2) is 7.27. The molecule has 0 bridgehead atoms. The van der Waals surface area contributed by atoms with Gasteiger partial charge in [-0.05, 0) is 17.7 Å². The molecule has 0 aliphatic rings. The van der Waals surface area contributed by atoms with Crippen LogP contribution in [0.3, 0.4) is 0 Å². The molecule has 0 atom stereocenters. The molecule has 0 spiro atoms. The van der Waals surface area contributed by atoms with Gasteiger partial charge in [-0.3, -0.25) is 4.79 Å². The van der Waals surface area contributed by atoms with Gasteiger partial charge in [0.15, 0.2) is 5.65 Å². The van der Waals surface area contributed by atoms with Gasteiger partial charge in [0.05, 0.1) is 24.7 Å². The van der Waals surface area contributed by atoms with E-state index in [1.807, 2.05) is 18.2 Å². The number of aromatic nitrogens is 4. The Hall–Kier alpha value is -3.00. The molecule has 0 saturated carbocycles. The molecule has 0 radical (unpaired) electrons. The van der Waals surface area contributed by atoms with Crippen LogP contribution in [0.5, 0.6) is 0 Å². The van der Waals surface area contributed by atoms with Crippen molar-refractivity contribution in [3.8, 4) is 0 Å². The molecule has 1 aromatic carbocycles. The Morgan fingerprint density at radius 3 is 2.92 bits per heavy atom. The molecule has 2 heterocycles. The van der Waals surface area contributed by atoms with Gasteiger partial charge in [0, 0.05) is 26.2 Å². The van der Waals surface area contributed by atoms with Crippen LogP contribution in [0.4, 0.5) is 5.82 Å². The molecule has 0 aliphatic heterocycles. The zero-order chi connectivity index (χ0) is 17.8. The quantitative estimate of drug-likeness (QED) is 0.698. The summed E-state index contributed by atoms with van der Waals surface area (Å²) in [7, 11) is 3.46. The van der Waals surface area contributed by atoms with Gasteiger partial charge in [0.2, 0.25) is 0 Å². The number of amides is 1. The SMILES string of the molecule is CN(C)C(=O)c1cccc(CNc2ncnc3c2cnn3CCO)c1. The Labute approximate surface area is 145 Å². The molecule has 0 saturated heterocycles. The van der Waals surface area contributed by atoms with Gasteiger partial charge >= 0.3 is 0 Å². The normalized spacial score (nSPS) is 10.8. The molecule has 8 nitrogen and oxygen atoms in total. The largest absolute Gasteiger partial charge is 0.394 e. The van der Waals surface area contributed by atoms with Crippen molar-refractivity contribution in [1.29, 1.82) is 0 Å². The van der Waals surface area contributed by atoms with Crippen molar-refractivity contribution in [3.63, 3.8) is 0 Å². The predicted molar refractivity (Wildman–Crippen MR) is 94.2 cm³/mol. The van der Waals surface area contributed by atoms with E-state index >= 15 is 0 Å². The molecule has 3 rings (SSSR count). The molecule has 0 aliphatic carbocycles. The summed E-state index contributed by atoms with van der Waals surface area (Å²) in [5.41, 5.74) is 2.29. The Kier molecular flexibility index (Phi) is 4.90. The number of carbonyl (C=O) groups excluding carboxylic acids is 1. The average molecular weight is 340 g/mol. The Balaban J connectivity index is 1.79. The molecule has 2 N–H and O–H groups in total. The number of hydrogen-bond acceptors (Lipinski definition) is 6. The van der Waals surface area contributed by atoms with E-state index in [4.69, 9.17) is 5.11 Å². The fourth-order valence-electron chi connectivity index (χ4n) is 2.55. The van der Waals surface area contributed by atoms with E-state index in [0.717, 1.165) is 10.9 Å². The Morgan fingerprint density at radius 1 is 1.32 bits per heavy atom. The monoisotopic (exact) mass is 340 g/mol. The lowest BCUT2D eigenvalue weighted by atomic mass is 10.1. The van der Waals surface area contributed by atoms with Crippen LogP contribution < -0.4 is 5.32 Å². The summed E-state index contributed by atoms with van der Waals surface area (Å²) in [4.78, 5) is 22.1. The lowest BCUT2D eigenvalue weighted by Gasteiger charge is -2.12. The zero-order valence-electron chi connectivity index (χ0n) is 14.2. The molecule has 130 valence electrons. The highest BCUT2D eigenvalue weighted by molar-refractivity contribution is 5.94. The van der Waals surface area contributed by atoms with Crippen LogP contribution in [-0.4, -0.2) is 56.4 Å². The van der Waals surface area contributed by atoms with Gasteiger partial charge in [0.1, 0.15) is 12.1 Å². The molecule has 2 aromatic heterocycles. The van der Waals surface area contributed by atoms with Crippen LogP contribution in [0.25, 0.3) is 11.0 Å². The minimum Gasteiger partial charge on any atom is -0.394 e. The Morgan fingerprint density at radius 2 is 2.16 bits per heavy atom. The van der Waals surface area contributed by atoms with Crippen molar-refractivity contribution in [2.24, 2.45) is 0 Å². The van der Waals surface area contributed by atoms with Crippen molar-refractivity contribution in [2.75, 3.05) is 26.0 Å². The van der Waals surface area contributed by atoms with Crippen molar-refractivity contribution in [1.82, 2.24) is 24.6 Å². The molecule has 0 unspecified atom stereocenters. The van der Waals surface area contributed by atoms with E-state index in [1.165, 1.54) is 6.33 Å². The maximum Gasteiger partial charge on any atom is 0.253 e. The first-order valence-corrected chi connectivity index (χ1v) is 7.92. The lowest BCUT2D eigenvalue weighted by Crippen LogP contribution is -2.21. The number of anilines is 1. The van der Waals surface area contributed by atoms with Gasteiger partial charge in [0.25, 0.3) is 5.91 Å². The van der Waals surface area contributed by atoms with Gasteiger partial charge in [-0.2, -0.15) is 5.10 Å². The van der Waals surface area contributed by atoms with E-state index in [-0.39, 0.29) is 12.5 Å². The summed E-state index contributed by atoms with van der Waals surface area (Å²) in [6, 6.07) is 7.48. The van der Waals surface area contributed by atoms with Crippen molar-refractivity contribution in [3.05, 3.63) is 47.9 Å². The van der Waals surface area contributed by atoms with Crippen LogP contribution in [0, 0.1) is 0 Å². The zero-order valence-corrected chi connectivity index (χ0v) is 14.2. The summed E-state index contributed by atoms with van der Waals surface area (Å²) < 4.78 is 1.64. The standard InChI is InChI=1S/C17H20N6O2/c1-22(2)17(25)13-5-3-4-12(8-13)9-18-15-14-10-21-23(6-7-24)16(14)20-11-19-15/h3-5,8,10-11,24H,6-7,9H2,1-2H3,(H,18,19,20). The molecular formula is C17H20N6O2. The molecular weight excluding hydrogens is 320 g/mol. The third kappa shape index (κ3) is 3.58. The fraction of sp³-hybridized carbons (Fsp3) is 0.294. The number of nitrogens with one attached hydrogen (secondary N) is 1. The first-order valence-electron chi connectivity index (χ1n) is 7.92. The highest BCUT2D eigenvalue weighted by Gasteiger charge is 2.11. The minimum absolute atomic E-state index is 0.00373. The van der Waals surface area contributed by atoms with Crippen LogP contribution in [-0.2, 0) is 13.1 Å². The van der Waals surface area contributed by atoms with Crippen molar-refractivity contribution in [2.45, 2.75) is 13.1 Å². The lowest BCUT2D eigenvalue weighted by molar-refractivity contribution is 0.0827. The number of hydrogen-bond donors (Lipinski definition) is 2. The van der Waals surface area contributed by atoms with E-state index < -0.39 is 0 Å². The van der Waals surface area contributed by atoms with Gasteiger partial charge in [-0.1, -0.05) is 12.1 Å². The fourth-order valence-corrected chi connectivity index (χ4v) is 2.55. The maximum absolute atomic E-state index is 12.1. The highest BCUT2D eigenvalue weighted by atomic mass is 16.3. The van der Waals surface area contributed by atoms with Gasteiger partial charge in [-0.25, -0.2) is 14.6 Å². The number of fused-ring (bicyclic) bond motifs is 1. The molecule has 3 aromatic rings. The maximum atomic E-state index is 12.1. The molecule has 0 fully saturated rings.